The molecule has 0 atom stereocenters. The molecular weight excluding hydrogens is 318 g/mol. The molecule has 18 heavy (non-hydrogen) atoms. The molecule has 1 aromatic carbocycles. The first-order chi connectivity index (χ1) is 8.43. The zero-order valence-corrected chi connectivity index (χ0v) is 13.2. The summed E-state index contributed by atoms with van der Waals surface area (Å²) in [5.74, 6) is 0.644. The van der Waals surface area contributed by atoms with Gasteiger partial charge in [-0.05, 0) is 38.1 Å². The maximum atomic E-state index is 12.4. The highest BCUT2D eigenvalue weighted by Crippen LogP contribution is 2.21. The van der Waals surface area contributed by atoms with Gasteiger partial charge in [-0.3, -0.25) is 0 Å². The zero-order valence-electron chi connectivity index (χ0n) is 10.8. The molecule has 0 fully saturated rings. The van der Waals surface area contributed by atoms with Crippen LogP contribution < -0.4 is 4.74 Å². The van der Waals surface area contributed by atoms with E-state index in [0.717, 1.165) is 0 Å². The van der Waals surface area contributed by atoms with Gasteiger partial charge in [0, 0.05) is 17.9 Å². The fourth-order valence-electron chi connectivity index (χ4n) is 1.62. The number of hydrogen-bond acceptors (Lipinski definition) is 3. The Morgan fingerprint density at radius 3 is 2.22 bits per heavy atom. The fraction of sp³-hybridized carbons (Fsp3) is 0.500. The van der Waals surface area contributed by atoms with E-state index in [4.69, 9.17) is 4.74 Å². The lowest BCUT2D eigenvalue weighted by atomic mass is 10.3. The number of ether oxygens (including phenoxy) is 1. The highest BCUT2D eigenvalue weighted by atomic mass is 79.9. The summed E-state index contributed by atoms with van der Waals surface area (Å²) in [6, 6.07) is 6.36. The van der Waals surface area contributed by atoms with E-state index in [2.05, 4.69) is 15.9 Å². The maximum absolute atomic E-state index is 12.4. The first-order valence-electron chi connectivity index (χ1n) is 5.65. The highest BCUT2D eigenvalue weighted by molar-refractivity contribution is 9.09. The number of methoxy groups -OCH3 is 1. The Balaban J connectivity index is 3.09. The molecule has 0 saturated heterocycles. The number of sulfonamides is 1. The molecule has 4 nitrogen and oxygen atoms in total. The molecule has 0 spiro atoms. The molecule has 0 unspecified atom stereocenters. The van der Waals surface area contributed by atoms with Gasteiger partial charge in [0.1, 0.15) is 5.75 Å². The molecule has 0 aromatic heterocycles. The van der Waals surface area contributed by atoms with Crippen molar-refractivity contribution in [1.29, 1.82) is 0 Å². The van der Waals surface area contributed by atoms with Gasteiger partial charge in [0.15, 0.2) is 0 Å². The van der Waals surface area contributed by atoms with Crippen molar-refractivity contribution in [1.82, 2.24) is 4.31 Å². The van der Waals surface area contributed by atoms with E-state index in [1.807, 2.05) is 13.8 Å². The fourth-order valence-corrected chi connectivity index (χ4v) is 3.88. The number of hydrogen-bond donors (Lipinski definition) is 0. The summed E-state index contributed by atoms with van der Waals surface area (Å²) < 4.78 is 31.4. The second-order valence-corrected chi connectivity index (χ2v) is 6.76. The average Bonchev–Trinajstić information content (AvgIpc) is 2.35. The first-order valence-corrected chi connectivity index (χ1v) is 8.21. The Morgan fingerprint density at radius 1 is 1.28 bits per heavy atom. The summed E-state index contributed by atoms with van der Waals surface area (Å²) in [7, 11) is -1.89. The summed E-state index contributed by atoms with van der Waals surface area (Å²) >= 11 is 3.28. The number of nitrogens with zero attached hydrogens (tertiary/aromatic N) is 1. The van der Waals surface area contributed by atoms with Crippen molar-refractivity contribution in [2.75, 3.05) is 19.0 Å². The molecule has 0 N–H and O–H groups in total. The van der Waals surface area contributed by atoms with E-state index in [1.165, 1.54) is 4.31 Å². The SMILES string of the molecule is COc1ccc(S(=O)(=O)N(CCBr)C(C)C)cc1. The largest absolute Gasteiger partial charge is 0.497 e. The number of halogens is 1. The van der Waals surface area contributed by atoms with Gasteiger partial charge in [-0.15, -0.1) is 0 Å². The van der Waals surface area contributed by atoms with Crippen molar-refractivity contribution in [3.8, 4) is 5.75 Å². The van der Waals surface area contributed by atoms with Gasteiger partial charge in [-0.1, -0.05) is 15.9 Å². The van der Waals surface area contributed by atoms with E-state index in [0.29, 0.717) is 17.6 Å². The Hall–Kier alpha value is -0.590. The molecule has 0 amide bonds. The van der Waals surface area contributed by atoms with Crippen LogP contribution in [0.25, 0.3) is 0 Å². The Bertz CT molecular complexity index is 471. The van der Waals surface area contributed by atoms with Crippen LogP contribution in [0.5, 0.6) is 5.75 Å². The number of rotatable bonds is 6. The van der Waals surface area contributed by atoms with Gasteiger partial charge in [0.05, 0.1) is 12.0 Å². The zero-order chi connectivity index (χ0) is 13.8. The highest BCUT2D eigenvalue weighted by Gasteiger charge is 2.26. The third-order valence-electron chi connectivity index (χ3n) is 2.55. The van der Waals surface area contributed by atoms with Crippen LogP contribution in [0.4, 0.5) is 0 Å². The molecule has 0 bridgehead atoms. The summed E-state index contributed by atoms with van der Waals surface area (Å²) in [4.78, 5) is 0.290. The van der Waals surface area contributed by atoms with Crippen LogP contribution in [0.1, 0.15) is 13.8 Å². The number of alkyl halides is 1. The van der Waals surface area contributed by atoms with Crippen LogP contribution in [-0.2, 0) is 10.0 Å². The molecule has 0 saturated carbocycles. The molecule has 0 aliphatic rings. The smallest absolute Gasteiger partial charge is 0.243 e. The van der Waals surface area contributed by atoms with Crippen molar-refractivity contribution in [3.05, 3.63) is 24.3 Å². The van der Waals surface area contributed by atoms with E-state index < -0.39 is 10.0 Å². The Morgan fingerprint density at radius 2 is 1.83 bits per heavy atom. The van der Waals surface area contributed by atoms with Crippen molar-refractivity contribution < 1.29 is 13.2 Å². The molecule has 6 heteroatoms. The molecule has 0 aliphatic heterocycles. The van der Waals surface area contributed by atoms with Gasteiger partial charge in [-0.25, -0.2) is 8.42 Å². The minimum atomic E-state index is -3.44. The second kappa shape index (κ2) is 6.54. The molecular formula is C12H18BrNO3S. The topological polar surface area (TPSA) is 46.6 Å². The molecule has 0 aliphatic carbocycles. The third-order valence-corrected chi connectivity index (χ3v) is 4.99. The third kappa shape index (κ3) is 3.46. The van der Waals surface area contributed by atoms with Crippen molar-refractivity contribution >= 4 is 26.0 Å². The quantitative estimate of drug-likeness (QED) is 0.750. The normalized spacial score (nSPS) is 12.1. The van der Waals surface area contributed by atoms with Gasteiger partial charge in [-0.2, -0.15) is 4.31 Å². The average molecular weight is 336 g/mol. The monoisotopic (exact) mass is 335 g/mol. The van der Waals surface area contributed by atoms with Crippen molar-refractivity contribution in [2.24, 2.45) is 0 Å². The van der Waals surface area contributed by atoms with Crippen LogP contribution >= 0.6 is 15.9 Å². The van der Waals surface area contributed by atoms with Crippen LogP contribution in [0.2, 0.25) is 0 Å². The summed E-state index contributed by atoms with van der Waals surface area (Å²) in [6.45, 7) is 4.18. The molecule has 102 valence electrons. The first kappa shape index (κ1) is 15.5. The van der Waals surface area contributed by atoms with Crippen LogP contribution in [0, 0.1) is 0 Å². The Kier molecular flexibility index (Phi) is 5.62. The lowest BCUT2D eigenvalue weighted by Crippen LogP contribution is -2.38. The van der Waals surface area contributed by atoms with Crippen molar-refractivity contribution in [2.45, 2.75) is 24.8 Å². The van der Waals surface area contributed by atoms with Crippen molar-refractivity contribution in [3.63, 3.8) is 0 Å². The lowest BCUT2D eigenvalue weighted by molar-refractivity contribution is 0.372. The second-order valence-electron chi connectivity index (χ2n) is 4.07. The van der Waals surface area contributed by atoms with E-state index >= 15 is 0 Å². The van der Waals surface area contributed by atoms with Crippen LogP contribution in [0.15, 0.2) is 29.2 Å². The summed E-state index contributed by atoms with van der Waals surface area (Å²) in [6.07, 6.45) is 0. The molecule has 0 radical (unpaired) electrons. The van der Waals surface area contributed by atoms with Gasteiger partial charge < -0.3 is 4.74 Å². The lowest BCUT2D eigenvalue weighted by Gasteiger charge is -2.25. The summed E-state index contributed by atoms with van der Waals surface area (Å²) in [5.41, 5.74) is 0. The maximum Gasteiger partial charge on any atom is 0.243 e. The minimum Gasteiger partial charge on any atom is -0.497 e. The minimum absolute atomic E-state index is 0.0744. The Labute approximate surface area is 117 Å². The molecule has 0 heterocycles. The van der Waals surface area contributed by atoms with Crippen LogP contribution in [-0.4, -0.2) is 37.7 Å². The van der Waals surface area contributed by atoms with Crippen LogP contribution in [0.3, 0.4) is 0 Å². The van der Waals surface area contributed by atoms with Gasteiger partial charge in [0.25, 0.3) is 0 Å². The molecule has 1 rings (SSSR count). The van der Waals surface area contributed by atoms with Gasteiger partial charge in [0.2, 0.25) is 10.0 Å². The summed E-state index contributed by atoms with van der Waals surface area (Å²) in [5, 5.41) is 0.612. The van der Waals surface area contributed by atoms with E-state index in [-0.39, 0.29) is 10.9 Å². The van der Waals surface area contributed by atoms with Gasteiger partial charge >= 0.3 is 0 Å². The van der Waals surface area contributed by atoms with E-state index in [1.54, 1.807) is 31.4 Å². The number of benzene rings is 1. The predicted octanol–water partition coefficient (Wildman–Crippen LogP) is 2.49. The predicted molar refractivity (Wildman–Crippen MR) is 75.8 cm³/mol. The standard InChI is InChI=1S/C12H18BrNO3S/c1-10(2)14(9-8-13)18(15,16)12-6-4-11(17-3)5-7-12/h4-7,10H,8-9H2,1-3H3. The molecule has 1 aromatic rings. The van der Waals surface area contributed by atoms with E-state index in [9.17, 15) is 8.42 Å².